The third-order valence-electron chi connectivity index (χ3n) is 20.0. The Bertz CT molecular complexity index is 1820. The molecule has 1 spiro atoms. The zero-order valence-corrected chi connectivity index (χ0v) is 41.7. The van der Waals surface area contributed by atoms with Gasteiger partial charge in [0.05, 0.1) is 45.2 Å². The van der Waals surface area contributed by atoms with Crippen LogP contribution < -0.4 is 0 Å². The van der Waals surface area contributed by atoms with E-state index in [0.717, 1.165) is 58.0 Å². The molecule has 10 aliphatic rings. The van der Waals surface area contributed by atoms with Gasteiger partial charge >= 0.3 is 0 Å². The predicted molar refractivity (Wildman–Crippen MR) is 242 cm³/mol. The summed E-state index contributed by atoms with van der Waals surface area (Å²) in [6.45, 7) is 7.75. The lowest BCUT2D eigenvalue weighted by molar-refractivity contribution is -0.392. The van der Waals surface area contributed by atoms with E-state index in [2.05, 4.69) is 27.7 Å². The van der Waals surface area contributed by atoms with E-state index in [-0.39, 0.29) is 22.9 Å². The van der Waals surface area contributed by atoms with Crippen LogP contribution in [0.3, 0.4) is 0 Å². The molecule has 22 nitrogen and oxygen atoms in total. The van der Waals surface area contributed by atoms with E-state index in [9.17, 15) is 61.3 Å². The predicted octanol–water partition coefficient (Wildman–Crippen LogP) is -2.27. The second kappa shape index (κ2) is 21.1. The molecule has 0 aromatic carbocycles. The third kappa shape index (κ3) is 9.36. The van der Waals surface area contributed by atoms with Gasteiger partial charge in [-0.15, -0.1) is 0 Å². The largest absolute Gasteiger partial charge is 0.394 e. The smallest absolute Gasteiger partial charge is 0.187 e. The monoisotopic (exact) mass is 1030 g/mol. The second-order valence-electron chi connectivity index (χ2n) is 23.9. The van der Waals surface area contributed by atoms with Crippen molar-refractivity contribution in [2.75, 3.05) is 33.0 Å². The van der Waals surface area contributed by atoms with E-state index < -0.39 is 155 Å². The molecule has 4 aliphatic carbocycles. The zero-order chi connectivity index (χ0) is 51.3. The summed E-state index contributed by atoms with van der Waals surface area (Å²) in [7, 11) is 0. The molecular weight excluding hydrogens is 953 g/mol. The zero-order valence-electron chi connectivity index (χ0n) is 41.7. The molecule has 22 heteroatoms. The SMILES string of the molecule is C[C@H]1CC[C@@]2(OC1)O[C@H]1C[C@H]3[C@@H]4CCC5C[C@@H](O[C@@H]6O[C@H](CO[C@@H]7O[C@H](CO)[C@@H](O)[C@H](O)[C@H]7O)[C@@H](O[C@@H]7OC[C@H](O)[C@H](O)[C@H]7O)[C@H](O)[C@H]6O[C@@H]6O[C@H](CO)[C@@H](O)[C@H](O)[C@H]6O)CC[C@]5(C)[C@H]4CC[C@]3(C)[C@H]1[C@@H]2C. The maximum atomic E-state index is 12.4. The van der Waals surface area contributed by atoms with Crippen molar-refractivity contribution in [3.05, 3.63) is 0 Å². The van der Waals surface area contributed by atoms with E-state index in [1.165, 1.54) is 0 Å². The molecule has 414 valence electrons. The van der Waals surface area contributed by atoms with Crippen molar-refractivity contribution in [3.63, 3.8) is 0 Å². The molecule has 72 heavy (non-hydrogen) atoms. The first-order chi connectivity index (χ1) is 34.2. The minimum atomic E-state index is -1.90. The minimum Gasteiger partial charge on any atom is -0.394 e. The van der Waals surface area contributed by atoms with E-state index in [1.54, 1.807) is 0 Å². The molecule has 31 atom stereocenters. The Kier molecular flexibility index (Phi) is 15.9. The van der Waals surface area contributed by atoms with Gasteiger partial charge in [0.25, 0.3) is 0 Å². The maximum Gasteiger partial charge on any atom is 0.187 e. The van der Waals surface area contributed by atoms with Crippen LogP contribution in [-0.2, 0) is 47.4 Å². The Labute approximate surface area is 419 Å². The van der Waals surface area contributed by atoms with E-state index >= 15 is 0 Å². The molecular formula is C50H82O22. The fourth-order valence-corrected chi connectivity index (χ4v) is 15.8. The topological polar surface area (TPSA) is 335 Å². The van der Waals surface area contributed by atoms with Crippen molar-refractivity contribution in [3.8, 4) is 0 Å². The molecule has 0 amide bonds. The summed E-state index contributed by atoms with van der Waals surface area (Å²) in [5, 5.41) is 128. The van der Waals surface area contributed by atoms with Gasteiger partial charge in [0, 0.05) is 12.3 Å². The summed E-state index contributed by atoms with van der Waals surface area (Å²) in [6.07, 6.45) is -22.4. The van der Waals surface area contributed by atoms with Gasteiger partial charge < -0.3 is 109 Å². The van der Waals surface area contributed by atoms with Gasteiger partial charge in [0.1, 0.15) is 91.6 Å². The van der Waals surface area contributed by atoms with E-state index in [1.807, 2.05) is 0 Å². The van der Waals surface area contributed by atoms with Crippen LogP contribution in [0.1, 0.15) is 91.9 Å². The summed E-state index contributed by atoms with van der Waals surface area (Å²) in [5.41, 5.74) is 0.170. The highest BCUT2D eigenvalue weighted by Gasteiger charge is 2.69. The van der Waals surface area contributed by atoms with Crippen molar-refractivity contribution >= 4 is 0 Å². The molecule has 1 unspecified atom stereocenters. The van der Waals surface area contributed by atoms with Gasteiger partial charge in [0.15, 0.2) is 30.9 Å². The summed E-state index contributed by atoms with van der Waals surface area (Å²) in [5.74, 6) is 2.71. The Morgan fingerprint density at radius 3 is 1.86 bits per heavy atom. The lowest BCUT2D eigenvalue weighted by Gasteiger charge is -2.61. The van der Waals surface area contributed by atoms with Crippen molar-refractivity contribution in [2.24, 2.45) is 52.3 Å². The van der Waals surface area contributed by atoms with Gasteiger partial charge in [-0.3, -0.25) is 0 Å². The molecule has 12 N–H and O–H groups in total. The number of fused-ring (bicyclic) bond motifs is 7. The van der Waals surface area contributed by atoms with Gasteiger partial charge in [0.2, 0.25) is 0 Å². The highest BCUT2D eigenvalue weighted by Crippen LogP contribution is 2.71. The Hall–Kier alpha value is -0.880. The molecule has 6 saturated heterocycles. The average molecular weight is 1040 g/mol. The van der Waals surface area contributed by atoms with Crippen molar-refractivity contribution < 1.29 is 109 Å². The fraction of sp³-hybridized carbons (Fsp3) is 1.00. The van der Waals surface area contributed by atoms with Crippen LogP contribution in [0.25, 0.3) is 0 Å². The normalized spacial score (nSPS) is 57.8. The highest BCUT2D eigenvalue weighted by atomic mass is 16.8. The summed E-state index contributed by atoms with van der Waals surface area (Å²) < 4.78 is 62.1. The summed E-state index contributed by atoms with van der Waals surface area (Å²) in [6, 6.07) is 0. The van der Waals surface area contributed by atoms with Crippen LogP contribution in [0.5, 0.6) is 0 Å². The highest BCUT2D eigenvalue weighted by molar-refractivity contribution is 5.15. The first-order valence-electron chi connectivity index (χ1n) is 26.7. The van der Waals surface area contributed by atoms with Gasteiger partial charge in [-0.05, 0) is 104 Å². The molecule has 0 radical (unpaired) electrons. The van der Waals surface area contributed by atoms with E-state index in [0.29, 0.717) is 48.3 Å². The number of rotatable bonds is 11. The quantitative estimate of drug-likeness (QED) is 0.0971. The van der Waals surface area contributed by atoms with Crippen LogP contribution in [0.2, 0.25) is 0 Å². The molecule has 4 saturated carbocycles. The Morgan fingerprint density at radius 2 is 1.18 bits per heavy atom. The summed E-state index contributed by atoms with van der Waals surface area (Å²) in [4.78, 5) is 0. The number of hydrogen-bond donors (Lipinski definition) is 12. The third-order valence-corrected chi connectivity index (χ3v) is 20.0. The molecule has 10 fully saturated rings. The van der Waals surface area contributed by atoms with Gasteiger partial charge in [-0.1, -0.05) is 27.7 Å². The number of hydrogen-bond acceptors (Lipinski definition) is 22. The molecule has 0 aromatic heterocycles. The number of ether oxygens (including phenoxy) is 10. The number of aliphatic hydroxyl groups is 12. The first-order valence-corrected chi connectivity index (χ1v) is 26.7. The number of aliphatic hydroxyl groups excluding tert-OH is 12. The molecule has 0 bridgehead atoms. The molecule has 10 rings (SSSR count). The lowest BCUT2D eigenvalue weighted by Crippen LogP contribution is -2.67. The first kappa shape index (κ1) is 54.5. The Balaban J connectivity index is 0.884. The second-order valence-corrected chi connectivity index (χ2v) is 23.9. The lowest BCUT2D eigenvalue weighted by atomic mass is 9.44. The van der Waals surface area contributed by atoms with Crippen molar-refractivity contribution in [1.29, 1.82) is 0 Å². The molecule has 6 heterocycles. The summed E-state index contributed by atoms with van der Waals surface area (Å²) >= 11 is 0. The van der Waals surface area contributed by atoms with Crippen molar-refractivity contribution in [1.82, 2.24) is 0 Å². The van der Waals surface area contributed by atoms with Crippen LogP contribution in [-0.4, -0.2) is 229 Å². The van der Waals surface area contributed by atoms with E-state index in [4.69, 9.17) is 47.4 Å². The van der Waals surface area contributed by atoms with Crippen molar-refractivity contribution in [2.45, 2.75) is 227 Å². The Morgan fingerprint density at radius 1 is 0.542 bits per heavy atom. The van der Waals surface area contributed by atoms with Crippen LogP contribution in [0.4, 0.5) is 0 Å². The van der Waals surface area contributed by atoms with Gasteiger partial charge in [-0.25, -0.2) is 0 Å². The van der Waals surface area contributed by atoms with Crippen LogP contribution in [0.15, 0.2) is 0 Å². The standard InChI is InChI=1S/C50H82O22/c1-20-7-12-50(65-17-20)21(2)32-28(72-50)14-26-24-6-5-22-13-23(8-10-48(22,3)25(24)9-11-49(26,32)4)66-47-43(71-46-40(61)37(58)35(56)30(16-52)68-46)41(62)42(70-45-38(59)33(54)27(53)18-63-45)31(69-47)19-64-44-39(60)36(57)34(55)29(15-51)67-44/h20-47,51-62H,5-19H2,1-4H3/t20-,21-,22?,23-,24+,25-,26-,27-,28-,29+,30+,31+,32-,33-,34+,35+,36-,37-,38+,39+,40+,41-,42+,43+,44+,45-,46-,47+,48-,49-,50+/m0/s1. The maximum absolute atomic E-state index is 12.4. The fourth-order valence-electron chi connectivity index (χ4n) is 15.8. The molecule has 0 aromatic rings. The minimum absolute atomic E-state index is 0.0109. The van der Waals surface area contributed by atoms with Crippen LogP contribution in [0, 0.1) is 52.3 Å². The molecule has 6 aliphatic heterocycles. The van der Waals surface area contributed by atoms with Gasteiger partial charge in [-0.2, -0.15) is 0 Å². The average Bonchev–Trinajstić information content (AvgIpc) is 3.81. The van der Waals surface area contributed by atoms with Crippen LogP contribution >= 0.6 is 0 Å².